The molecule has 0 radical (unpaired) electrons. The van der Waals surface area contributed by atoms with Crippen molar-refractivity contribution in [2.24, 2.45) is 5.92 Å². The number of aliphatic hydroxyl groups excluding tert-OH is 1. The summed E-state index contributed by atoms with van der Waals surface area (Å²) in [6, 6.07) is 13.4. The maximum Gasteiger partial charge on any atom is 0.414 e. The van der Waals surface area contributed by atoms with Crippen molar-refractivity contribution in [2.45, 2.75) is 136 Å². The molecule has 4 aromatic carbocycles. The van der Waals surface area contributed by atoms with E-state index in [1.54, 1.807) is 82.0 Å². The van der Waals surface area contributed by atoms with Crippen LogP contribution in [0.5, 0.6) is 23.0 Å². The molecule has 498 valence electrons. The third-order valence-corrected chi connectivity index (χ3v) is 15.5. The van der Waals surface area contributed by atoms with Gasteiger partial charge in [0.25, 0.3) is 11.8 Å². The Morgan fingerprint density at radius 3 is 2.04 bits per heavy atom. The van der Waals surface area contributed by atoms with Gasteiger partial charge in [0.2, 0.25) is 11.8 Å². The molecule has 26 heteroatoms. The standard InChI is InChI=1S/C67H81N7O19/c1-12-20-88-65(82)71-57(37(2)3)59(77)68-40(6)58(76)69-45-18-16-41(17-19-45)34-91-64(81)70-49-29-54(52(85-10)27-47(49)60(78)72-31-38(4)22-46(72)33-75)89-35-42-24-43(26-44(25-42)63(80)93-67(7,8)9)36-90-55-30-50-48(28-53(55)86-11)61(79)73-32-39(5)23-51(73)62(74(50)66(83)84)92-56-15-13-14-21-87-56/h12,16-19,24-30,37,40,46,51,56-57,62,75H,1,4-5,13-15,20-23,31-36H2,2-3,6-11H3,(H,68,77)(H,69,76)(H,70,81)(H,71,82)(H,83,84)/t40-,46-,51-,56?,57-,62-/m0/s1. The molecule has 0 spiro atoms. The fourth-order valence-electron chi connectivity index (χ4n) is 11.0. The van der Waals surface area contributed by atoms with E-state index in [1.165, 1.54) is 56.4 Å². The van der Waals surface area contributed by atoms with Gasteiger partial charge < -0.3 is 78.6 Å². The number of likely N-dealkylation sites (tertiary alicyclic amines) is 1. The van der Waals surface area contributed by atoms with Gasteiger partial charge in [0, 0.05) is 37.5 Å². The minimum Gasteiger partial charge on any atom is -0.493 e. The van der Waals surface area contributed by atoms with E-state index >= 15 is 0 Å². The molecular weight excluding hydrogens is 1210 g/mol. The van der Waals surface area contributed by atoms with E-state index in [-0.39, 0.29) is 103 Å². The highest BCUT2D eigenvalue weighted by molar-refractivity contribution is 6.06. The highest BCUT2D eigenvalue weighted by Gasteiger charge is 2.48. The van der Waals surface area contributed by atoms with Gasteiger partial charge in [0.1, 0.15) is 44.1 Å². The number of carbonyl (C=O) groups is 8. The summed E-state index contributed by atoms with van der Waals surface area (Å²) >= 11 is 0. The van der Waals surface area contributed by atoms with Gasteiger partial charge in [-0.05, 0) is 125 Å². The Morgan fingerprint density at radius 2 is 1.43 bits per heavy atom. The summed E-state index contributed by atoms with van der Waals surface area (Å²) in [5.41, 5.74) is 2.28. The Balaban J connectivity index is 1.02. The number of rotatable bonds is 24. The van der Waals surface area contributed by atoms with Gasteiger partial charge in [-0.2, -0.15) is 0 Å². The number of hydrogen-bond donors (Lipinski definition) is 6. The van der Waals surface area contributed by atoms with Crippen molar-refractivity contribution in [1.82, 2.24) is 20.4 Å². The van der Waals surface area contributed by atoms with Crippen LogP contribution < -0.4 is 45.1 Å². The van der Waals surface area contributed by atoms with E-state index in [9.17, 15) is 48.6 Å². The molecule has 26 nitrogen and oxygen atoms in total. The number of carbonyl (C=O) groups excluding carboxylic acids is 7. The van der Waals surface area contributed by atoms with Crippen LogP contribution in [0.3, 0.4) is 0 Å². The third kappa shape index (κ3) is 17.5. The second kappa shape index (κ2) is 30.6. The predicted octanol–water partition coefficient (Wildman–Crippen LogP) is 8.85. The van der Waals surface area contributed by atoms with E-state index in [0.717, 1.165) is 23.3 Å². The molecule has 4 heterocycles. The van der Waals surface area contributed by atoms with E-state index in [0.29, 0.717) is 53.8 Å². The lowest BCUT2D eigenvalue weighted by molar-refractivity contribution is -0.195. The van der Waals surface area contributed by atoms with Crippen LogP contribution in [-0.2, 0) is 53.1 Å². The van der Waals surface area contributed by atoms with Crippen LogP contribution in [0, 0.1) is 5.92 Å². The molecule has 0 saturated carbocycles. The maximum atomic E-state index is 14.5. The van der Waals surface area contributed by atoms with Crippen LogP contribution in [0.1, 0.15) is 121 Å². The summed E-state index contributed by atoms with van der Waals surface area (Å²) in [5.74, 6) is -2.92. The van der Waals surface area contributed by atoms with E-state index < -0.39 is 90.2 Å². The molecule has 3 saturated heterocycles. The van der Waals surface area contributed by atoms with Gasteiger partial charge in [-0.15, -0.1) is 0 Å². The number of alkyl carbamates (subject to hydrolysis) is 1. The maximum absolute atomic E-state index is 14.5. The largest absolute Gasteiger partial charge is 0.493 e. The average Bonchev–Trinajstić information content (AvgIpc) is 1.63. The molecule has 4 aliphatic heterocycles. The topological polar surface area (TPSA) is 318 Å². The lowest BCUT2D eigenvalue weighted by Crippen LogP contribution is -2.53. The van der Waals surface area contributed by atoms with E-state index in [2.05, 4.69) is 41.0 Å². The lowest BCUT2D eigenvalue weighted by atomic mass is 10.0. The molecule has 6 N–H and O–H groups in total. The molecule has 6 atom stereocenters. The fraction of sp³-hybridized carbons (Fsp3) is 0.433. The van der Waals surface area contributed by atoms with Crippen LogP contribution in [0.4, 0.5) is 31.4 Å². The number of fused-ring (bicyclic) bond motifs is 2. The van der Waals surface area contributed by atoms with Crippen LogP contribution >= 0.6 is 0 Å². The van der Waals surface area contributed by atoms with Crippen LogP contribution in [0.15, 0.2) is 104 Å². The van der Waals surface area contributed by atoms with Gasteiger partial charge >= 0.3 is 24.2 Å². The lowest BCUT2D eigenvalue weighted by Gasteiger charge is -2.37. The number of ether oxygens (including phenoxy) is 9. The normalized spacial score (nSPS) is 18.4. The van der Waals surface area contributed by atoms with Gasteiger partial charge in [-0.1, -0.05) is 62.9 Å². The minimum atomic E-state index is -1.38. The van der Waals surface area contributed by atoms with Gasteiger partial charge in [0.15, 0.2) is 35.5 Å². The molecule has 3 fully saturated rings. The Morgan fingerprint density at radius 1 is 0.763 bits per heavy atom. The Hall–Kier alpha value is -9.66. The Kier molecular flexibility index (Phi) is 22.8. The molecule has 93 heavy (non-hydrogen) atoms. The summed E-state index contributed by atoms with van der Waals surface area (Å²) in [4.78, 5) is 112. The first-order chi connectivity index (χ1) is 44.3. The molecule has 4 aliphatic rings. The highest BCUT2D eigenvalue weighted by Crippen LogP contribution is 2.44. The first kappa shape index (κ1) is 69.2. The van der Waals surface area contributed by atoms with Gasteiger partial charge in [-0.25, -0.2) is 24.1 Å². The van der Waals surface area contributed by atoms with Crippen molar-refractivity contribution >= 4 is 64.9 Å². The number of methoxy groups -OCH3 is 2. The zero-order valence-electron chi connectivity index (χ0n) is 53.5. The van der Waals surface area contributed by atoms with Gasteiger partial charge in [-0.3, -0.25) is 24.5 Å². The van der Waals surface area contributed by atoms with Crippen molar-refractivity contribution in [1.29, 1.82) is 0 Å². The van der Waals surface area contributed by atoms with Crippen molar-refractivity contribution in [3.8, 4) is 23.0 Å². The minimum absolute atomic E-state index is 0.00618. The molecule has 0 aliphatic carbocycles. The zero-order chi connectivity index (χ0) is 67.4. The molecular formula is C67H81N7O19. The Labute approximate surface area is 539 Å². The number of nitrogens with one attached hydrogen (secondary N) is 4. The van der Waals surface area contributed by atoms with Crippen molar-refractivity contribution in [3.05, 3.63) is 137 Å². The summed E-state index contributed by atoms with van der Waals surface area (Å²) in [6.45, 7) is 21.3. The number of benzene rings is 4. The van der Waals surface area contributed by atoms with Crippen molar-refractivity contribution < 1.29 is 91.2 Å². The van der Waals surface area contributed by atoms with Crippen LogP contribution in [-0.4, -0.2) is 157 Å². The molecule has 4 aromatic rings. The summed E-state index contributed by atoms with van der Waals surface area (Å²) < 4.78 is 53.1. The molecule has 0 aromatic heterocycles. The second-order valence-corrected chi connectivity index (χ2v) is 24.2. The summed E-state index contributed by atoms with van der Waals surface area (Å²) in [6.07, 6.45) is -0.879. The Bertz CT molecular complexity index is 3500. The second-order valence-electron chi connectivity index (χ2n) is 24.2. The first-order valence-corrected chi connectivity index (χ1v) is 30.4. The molecule has 1 unspecified atom stereocenters. The number of aliphatic hydroxyl groups is 1. The van der Waals surface area contributed by atoms with Gasteiger partial charge in [0.05, 0.1) is 61.0 Å². The fourth-order valence-corrected chi connectivity index (χ4v) is 11.0. The SMILES string of the molecule is C=CCOC(=O)N[C@H](C(=O)N[C@@H](C)C(=O)Nc1ccc(COC(=O)Nc2cc(OCc3cc(COc4cc5c(cc4OC)C(=O)N4CC(=C)C[C@H]4[C@H](OC4CCCCO4)N5C(=O)O)cc(C(=O)OC(C)(C)C)c3)c(OC)cc2C(=O)N2CC(=C)C[C@H]2CO)cc1)C(C)C. The quantitative estimate of drug-likeness (QED) is 0.0217. The zero-order valence-corrected chi connectivity index (χ0v) is 53.5. The smallest absolute Gasteiger partial charge is 0.414 e. The van der Waals surface area contributed by atoms with E-state index in [1.807, 2.05) is 0 Å². The number of anilines is 3. The van der Waals surface area contributed by atoms with E-state index in [4.69, 9.17) is 42.6 Å². The number of carboxylic acid groups (broad SMARTS) is 1. The molecule has 0 bridgehead atoms. The number of hydrogen-bond acceptors (Lipinski definition) is 18. The van der Waals surface area contributed by atoms with Crippen molar-refractivity contribution in [2.75, 3.05) is 62.7 Å². The summed E-state index contributed by atoms with van der Waals surface area (Å²) in [7, 11) is 2.74. The highest BCUT2D eigenvalue weighted by atomic mass is 16.7. The van der Waals surface area contributed by atoms with Crippen molar-refractivity contribution in [3.63, 3.8) is 0 Å². The summed E-state index contributed by atoms with van der Waals surface area (Å²) in [5, 5.41) is 31.7. The monoisotopic (exact) mass is 1290 g/mol. The first-order valence-electron chi connectivity index (χ1n) is 30.4. The number of nitrogens with zero attached hydrogens (tertiary/aromatic N) is 3. The number of esters is 1. The molecule has 7 amide bonds. The number of amides is 7. The van der Waals surface area contributed by atoms with Crippen LogP contribution in [0.2, 0.25) is 0 Å². The average molecular weight is 1290 g/mol. The predicted molar refractivity (Wildman–Crippen MR) is 339 cm³/mol. The molecule has 8 rings (SSSR count). The van der Waals surface area contributed by atoms with Crippen LogP contribution in [0.25, 0.3) is 0 Å². The third-order valence-electron chi connectivity index (χ3n) is 15.5.